The van der Waals surface area contributed by atoms with Crippen molar-refractivity contribution in [1.82, 2.24) is 9.88 Å². The molecule has 2 N–H and O–H groups in total. The Kier molecular flexibility index (Phi) is 6.02. The van der Waals surface area contributed by atoms with Gasteiger partial charge in [0.1, 0.15) is 5.75 Å². The number of para-hydroxylation sites is 1. The van der Waals surface area contributed by atoms with Gasteiger partial charge in [0.15, 0.2) is 0 Å². The second-order valence-electron chi connectivity index (χ2n) is 6.78. The Labute approximate surface area is 170 Å². The minimum Gasteiger partial charge on any atom is -0.497 e. The van der Waals surface area contributed by atoms with Gasteiger partial charge in [-0.3, -0.25) is 9.59 Å². The number of carbonyl (C=O) groups excluding carboxylic acids is 2. The molecule has 1 heterocycles. The maximum absolute atomic E-state index is 13.0. The van der Waals surface area contributed by atoms with Gasteiger partial charge in [-0.25, -0.2) is 0 Å². The van der Waals surface area contributed by atoms with Gasteiger partial charge in [0, 0.05) is 35.9 Å². The first-order valence-corrected chi connectivity index (χ1v) is 9.37. The highest BCUT2D eigenvalue weighted by Gasteiger charge is 2.18. The average Bonchev–Trinajstić information content (AvgIpc) is 3.03. The van der Waals surface area contributed by atoms with Gasteiger partial charge in [0.2, 0.25) is 5.91 Å². The van der Waals surface area contributed by atoms with Gasteiger partial charge in [-0.2, -0.15) is 0 Å². The van der Waals surface area contributed by atoms with E-state index in [1.807, 2.05) is 66.9 Å². The third kappa shape index (κ3) is 4.32. The molecule has 0 fully saturated rings. The summed E-state index contributed by atoms with van der Waals surface area (Å²) in [4.78, 5) is 24.8. The Bertz CT molecular complexity index is 1050. The predicted molar refractivity (Wildman–Crippen MR) is 114 cm³/mol. The maximum atomic E-state index is 13.0. The largest absolute Gasteiger partial charge is 0.497 e. The van der Waals surface area contributed by atoms with E-state index in [0.717, 1.165) is 28.4 Å². The molecule has 0 aliphatic heterocycles. The van der Waals surface area contributed by atoms with Gasteiger partial charge in [-0.05, 0) is 43.7 Å². The van der Waals surface area contributed by atoms with Gasteiger partial charge >= 0.3 is 0 Å². The third-order valence-corrected chi connectivity index (χ3v) is 4.88. The van der Waals surface area contributed by atoms with Crippen LogP contribution in [0, 0.1) is 13.8 Å². The van der Waals surface area contributed by atoms with E-state index in [9.17, 15) is 9.59 Å². The molecule has 6 heteroatoms. The van der Waals surface area contributed by atoms with Crippen molar-refractivity contribution >= 4 is 17.5 Å². The third-order valence-electron chi connectivity index (χ3n) is 4.88. The smallest absolute Gasteiger partial charge is 0.257 e. The number of aryl methyl sites for hydroxylation is 1. The Balaban J connectivity index is 1.91. The highest BCUT2D eigenvalue weighted by atomic mass is 16.5. The highest BCUT2D eigenvalue weighted by molar-refractivity contribution is 6.06. The Morgan fingerprint density at radius 2 is 1.79 bits per heavy atom. The summed E-state index contributed by atoms with van der Waals surface area (Å²) in [5.41, 5.74) is 4.68. The summed E-state index contributed by atoms with van der Waals surface area (Å²) in [5, 5.41) is 5.56. The first-order valence-electron chi connectivity index (χ1n) is 9.37. The van der Waals surface area contributed by atoms with E-state index in [2.05, 4.69) is 10.6 Å². The minimum absolute atomic E-state index is 0.108. The van der Waals surface area contributed by atoms with Crippen molar-refractivity contribution in [3.05, 3.63) is 77.1 Å². The van der Waals surface area contributed by atoms with Crippen LogP contribution in [0.2, 0.25) is 0 Å². The van der Waals surface area contributed by atoms with E-state index < -0.39 is 0 Å². The second kappa shape index (κ2) is 8.65. The van der Waals surface area contributed by atoms with Gasteiger partial charge in [0.05, 0.1) is 19.1 Å². The van der Waals surface area contributed by atoms with Crippen molar-refractivity contribution in [1.29, 1.82) is 0 Å². The van der Waals surface area contributed by atoms with Gasteiger partial charge in [-0.1, -0.05) is 24.3 Å². The van der Waals surface area contributed by atoms with Crippen molar-refractivity contribution in [2.75, 3.05) is 19.5 Å². The molecule has 2 amide bonds. The molecule has 0 radical (unpaired) electrons. The van der Waals surface area contributed by atoms with Crippen LogP contribution in [0.3, 0.4) is 0 Å². The molecular formula is C23H25N3O3. The lowest BCUT2D eigenvalue weighted by molar-refractivity contribution is -0.119. The highest BCUT2D eigenvalue weighted by Crippen LogP contribution is 2.25. The molecule has 0 aliphatic carbocycles. The lowest BCUT2D eigenvalue weighted by Gasteiger charge is -2.12. The fraction of sp³-hybridized carbons (Fsp3) is 0.217. The Morgan fingerprint density at radius 3 is 2.52 bits per heavy atom. The van der Waals surface area contributed by atoms with Crippen molar-refractivity contribution in [2.45, 2.75) is 20.3 Å². The maximum Gasteiger partial charge on any atom is 0.257 e. The van der Waals surface area contributed by atoms with Crippen LogP contribution in [0.5, 0.6) is 5.75 Å². The SMILES string of the molecule is CNC(=O)Cc1ccccc1NC(=O)c1cc(C)n(-c2cccc(OC)c2)c1C. The minimum atomic E-state index is -0.211. The number of hydrogen-bond acceptors (Lipinski definition) is 3. The quantitative estimate of drug-likeness (QED) is 0.674. The number of hydrogen-bond donors (Lipinski definition) is 2. The number of nitrogens with zero attached hydrogens (tertiary/aromatic N) is 1. The molecule has 0 unspecified atom stereocenters. The fourth-order valence-corrected chi connectivity index (χ4v) is 3.39. The molecule has 6 nitrogen and oxygen atoms in total. The molecule has 0 saturated carbocycles. The Morgan fingerprint density at radius 1 is 1.03 bits per heavy atom. The number of anilines is 1. The van der Waals surface area contributed by atoms with E-state index in [1.54, 1.807) is 20.2 Å². The molecule has 0 saturated heterocycles. The molecule has 2 aromatic carbocycles. The van der Waals surface area contributed by atoms with Crippen molar-refractivity contribution in [2.24, 2.45) is 0 Å². The standard InChI is InChI=1S/C23H25N3O3/c1-15-12-20(16(2)26(15)18-9-7-10-19(14-18)29-4)23(28)25-21-11-6-5-8-17(21)13-22(27)24-3/h5-12,14H,13H2,1-4H3,(H,24,27)(H,25,28). The Hall–Kier alpha value is -3.54. The van der Waals surface area contributed by atoms with Gasteiger partial charge in [-0.15, -0.1) is 0 Å². The fourth-order valence-electron chi connectivity index (χ4n) is 3.39. The number of carbonyl (C=O) groups is 2. The molecule has 0 aliphatic rings. The molecule has 3 rings (SSSR count). The van der Waals surface area contributed by atoms with E-state index in [4.69, 9.17) is 4.74 Å². The molecule has 0 atom stereocenters. The zero-order valence-corrected chi connectivity index (χ0v) is 17.1. The molecular weight excluding hydrogens is 366 g/mol. The number of ether oxygens (including phenoxy) is 1. The number of likely N-dealkylation sites (N-methyl/N-ethyl adjacent to an activating group) is 1. The summed E-state index contributed by atoms with van der Waals surface area (Å²) in [6, 6.07) is 16.9. The molecule has 0 bridgehead atoms. The van der Waals surface area contributed by atoms with Crippen LogP contribution in [0.1, 0.15) is 27.3 Å². The van der Waals surface area contributed by atoms with Crippen LogP contribution in [-0.4, -0.2) is 30.5 Å². The first kappa shape index (κ1) is 20.2. The van der Waals surface area contributed by atoms with Gasteiger partial charge < -0.3 is 19.9 Å². The zero-order chi connectivity index (χ0) is 21.0. The molecule has 1 aromatic heterocycles. The average molecular weight is 391 g/mol. The first-order chi connectivity index (χ1) is 13.9. The predicted octanol–water partition coefficient (Wildman–Crippen LogP) is 3.64. The van der Waals surface area contributed by atoms with Crippen LogP contribution in [0.4, 0.5) is 5.69 Å². The van der Waals surface area contributed by atoms with E-state index in [0.29, 0.717) is 11.3 Å². The summed E-state index contributed by atoms with van der Waals surface area (Å²) in [6.07, 6.45) is 0.204. The number of benzene rings is 2. The lowest BCUT2D eigenvalue weighted by atomic mass is 10.1. The van der Waals surface area contributed by atoms with Crippen LogP contribution in [0.15, 0.2) is 54.6 Å². The van der Waals surface area contributed by atoms with Crippen molar-refractivity contribution < 1.29 is 14.3 Å². The monoisotopic (exact) mass is 391 g/mol. The molecule has 29 heavy (non-hydrogen) atoms. The van der Waals surface area contributed by atoms with Crippen LogP contribution >= 0.6 is 0 Å². The number of nitrogens with one attached hydrogen (secondary N) is 2. The molecule has 3 aromatic rings. The van der Waals surface area contributed by atoms with E-state index in [-0.39, 0.29) is 18.2 Å². The summed E-state index contributed by atoms with van der Waals surface area (Å²) in [5.74, 6) is 0.434. The number of amides is 2. The zero-order valence-electron chi connectivity index (χ0n) is 17.1. The second-order valence-corrected chi connectivity index (χ2v) is 6.78. The summed E-state index contributed by atoms with van der Waals surface area (Å²) < 4.78 is 7.34. The van der Waals surface area contributed by atoms with Crippen molar-refractivity contribution in [3.63, 3.8) is 0 Å². The molecule has 150 valence electrons. The summed E-state index contributed by atoms with van der Waals surface area (Å²) in [6.45, 7) is 3.88. The normalized spacial score (nSPS) is 10.5. The summed E-state index contributed by atoms with van der Waals surface area (Å²) in [7, 11) is 3.22. The van der Waals surface area contributed by atoms with E-state index in [1.165, 1.54) is 0 Å². The number of methoxy groups -OCH3 is 1. The van der Waals surface area contributed by atoms with E-state index >= 15 is 0 Å². The van der Waals surface area contributed by atoms with Crippen LogP contribution < -0.4 is 15.4 Å². The van der Waals surface area contributed by atoms with Crippen LogP contribution in [0.25, 0.3) is 5.69 Å². The lowest BCUT2D eigenvalue weighted by Crippen LogP contribution is -2.21. The van der Waals surface area contributed by atoms with Crippen molar-refractivity contribution in [3.8, 4) is 11.4 Å². The number of aromatic nitrogens is 1. The number of rotatable bonds is 6. The van der Waals surface area contributed by atoms with Crippen LogP contribution in [-0.2, 0) is 11.2 Å². The molecule has 0 spiro atoms. The van der Waals surface area contributed by atoms with Gasteiger partial charge in [0.25, 0.3) is 5.91 Å². The topological polar surface area (TPSA) is 72.4 Å². The summed E-state index contributed by atoms with van der Waals surface area (Å²) >= 11 is 0.